The van der Waals surface area contributed by atoms with Crippen molar-refractivity contribution in [3.8, 4) is 17.2 Å². The van der Waals surface area contributed by atoms with Crippen LogP contribution in [0.3, 0.4) is 0 Å². The molecule has 34 heavy (non-hydrogen) atoms. The van der Waals surface area contributed by atoms with E-state index in [2.05, 4.69) is 5.32 Å². The Morgan fingerprint density at radius 3 is 2.32 bits per heavy atom. The quantitative estimate of drug-likeness (QED) is 0.489. The van der Waals surface area contributed by atoms with Crippen LogP contribution >= 0.6 is 0 Å². The van der Waals surface area contributed by atoms with Crippen LogP contribution < -0.4 is 19.5 Å². The number of carbonyl (C=O) groups is 1. The Labute approximate surface area is 202 Å². The lowest BCUT2D eigenvalue weighted by molar-refractivity contribution is -0.121. The van der Waals surface area contributed by atoms with Gasteiger partial charge in [-0.3, -0.25) is 4.79 Å². The number of sulfonamides is 1. The Morgan fingerprint density at radius 2 is 1.65 bits per heavy atom. The molecule has 2 aromatic rings. The van der Waals surface area contributed by atoms with Crippen molar-refractivity contribution < 1.29 is 27.4 Å². The van der Waals surface area contributed by atoms with Crippen LogP contribution in [-0.2, 0) is 27.8 Å². The first kappa shape index (κ1) is 25.8. The third kappa shape index (κ3) is 6.42. The molecule has 1 aliphatic rings. The van der Waals surface area contributed by atoms with Gasteiger partial charge in [0.15, 0.2) is 11.5 Å². The predicted octanol–water partition coefficient (Wildman–Crippen LogP) is 3.53. The standard InChI is InChI=1S/C25H34N2O6S/c1-4-32-23-11-8-19(16-24(23)33-5-2)18-26-25(28)13-9-20-17-21(10-12-22(20)31-3)34(29,30)27-14-6-7-15-27/h8,10-12,16-17H,4-7,9,13-15,18H2,1-3H3,(H,26,28). The molecule has 9 heteroatoms. The average molecular weight is 491 g/mol. The summed E-state index contributed by atoms with van der Waals surface area (Å²) in [6, 6.07) is 10.4. The van der Waals surface area contributed by atoms with E-state index in [9.17, 15) is 13.2 Å². The number of methoxy groups -OCH3 is 1. The topological polar surface area (TPSA) is 94.2 Å². The van der Waals surface area contributed by atoms with Crippen LogP contribution in [0.1, 0.15) is 44.2 Å². The molecular weight excluding hydrogens is 456 g/mol. The maximum Gasteiger partial charge on any atom is 0.243 e. The fourth-order valence-electron chi connectivity index (χ4n) is 3.93. The van der Waals surface area contributed by atoms with Gasteiger partial charge in [-0.25, -0.2) is 8.42 Å². The molecule has 0 atom stereocenters. The zero-order chi connectivity index (χ0) is 24.6. The number of hydrogen-bond acceptors (Lipinski definition) is 6. The van der Waals surface area contributed by atoms with Crippen molar-refractivity contribution in [3.63, 3.8) is 0 Å². The third-order valence-electron chi connectivity index (χ3n) is 5.67. The van der Waals surface area contributed by atoms with Gasteiger partial charge in [0.1, 0.15) is 5.75 Å². The second kappa shape index (κ2) is 12.1. The first-order valence-corrected chi connectivity index (χ1v) is 13.1. The number of aryl methyl sites for hydroxylation is 1. The molecule has 1 saturated heterocycles. The van der Waals surface area contributed by atoms with E-state index in [1.54, 1.807) is 18.2 Å². The molecule has 1 amide bonds. The Balaban J connectivity index is 1.62. The maximum absolute atomic E-state index is 12.9. The minimum atomic E-state index is -3.53. The Hall–Kier alpha value is -2.78. The monoisotopic (exact) mass is 490 g/mol. The summed E-state index contributed by atoms with van der Waals surface area (Å²) in [5, 5.41) is 2.91. The molecule has 8 nitrogen and oxygen atoms in total. The fourth-order valence-corrected chi connectivity index (χ4v) is 5.50. The van der Waals surface area contributed by atoms with Gasteiger partial charge in [-0.2, -0.15) is 4.31 Å². The molecule has 1 aliphatic heterocycles. The highest BCUT2D eigenvalue weighted by molar-refractivity contribution is 7.89. The number of hydrogen-bond donors (Lipinski definition) is 1. The third-order valence-corrected chi connectivity index (χ3v) is 7.57. The summed E-state index contributed by atoms with van der Waals surface area (Å²) in [6.45, 7) is 6.32. The molecular formula is C25H34N2O6S. The van der Waals surface area contributed by atoms with Gasteiger partial charge in [-0.1, -0.05) is 6.07 Å². The maximum atomic E-state index is 12.9. The minimum Gasteiger partial charge on any atom is -0.496 e. The summed E-state index contributed by atoms with van der Waals surface area (Å²) in [5.74, 6) is 1.76. The van der Waals surface area contributed by atoms with Crippen molar-refractivity contribution in [2.24, 2.45) is 0 Å². The first-order valence-electron chi connectivity index (χ1n) is 11.7. The van der Waals surface area contributed by atoms with E-state index in [0.717, 1.165) is 18.4 Å². The van der Waals surface area contributed by atoms with Gasteiger partial charge in [0.25, 0.3) is 0 Å². The Morgan fingerprint density at radius 1 is 0.971 bits per heavy atom. The van der Waals surface area contributed by atoms with Gasteiger partial charge in [0, 0.05) is 26.1 Å². The molecule has 0 aromatic heterocycles. The smallest absolute Gasteiger partial charge is 0.243 e. The number of carbonyl (C=O) groups excluding carboxylic acids is 1. The van der Waals surface area contributed by atoms with E-state index in [1.165, 1.54) is 11.4 Å². The van der Waals surface area contributed by atoms with Crippen LogP contribution in [0, 0.1) is 0 Å². The highest BCUT2D eigenvalue weighted by atomic mass is 32.2. The van der Waals surface area contributed by atoms with Crippen molar-refractivity contribution in [1.82, 2.24) is 9.62 Å². The van der Waals surface area contributed by atoms with E-state index >= 15 is 0 Å². The van der Waals surface area contributed by atoms with Crippen LogP contribution in [0.2, 0.25) is 0 Å². The summed E-state index contributed by atoms with van der Waals surface area (Å²) < 4.78 is 43.9. The van der Waals surface area contributed by atoms with E-state index in [4.69, 9.17) is 14.2 Å². The lowest BCUT2D eigenvalue weighted by Crippen LogP contribution is -2.28. The number of nitrogens with zero attached hydrogens (tertiary/aromatic N) is 1. The lowest BCUT2D eigenvalue weighted by Gasteiger charge is -2.17. The molecule has 0 spiro atoms. The highest BCUT2D eigenvalue weighted by Crippen LogP contribution is 2.29. The average Bonchev–Trinajstić information content (AvgIpc) is 3.39. The van der Waals surface area contributed by atoms with Gasteiger partial charge >= 0.3 is 0 Å². The largest absolute Gasteiger partial charge is 0.496 e. The van der Waals surface area contributed by atoms with Crippen molar-refractivity contribution >= 4 is 15.9 Å². The second-order valence-corrected chi connectivity index (χ2v) is 9.95. The molecule has 1 heterocycles. The van der Waals surface area contributed by atoms with E-state index < -0.39 is 10.0 Å². The number of nitrogens with one attached hydrogen (secondary N) is 1. The molecule has 1 N–H and O–H groups in total. The van der Waals surface area contributed by atoms with Crippen LogP contribution in [-0.4, -0.2) is 52.0 Å². The molecule has 0 radical (unpaired) electrons. The Bertz CT molecular complexity index is 1080. The van der Waals surface area contributed by atoms with Crippen LogP contribution in [0.4, 0.5) is 0 Å². The normalized spacial score (nSPS) is 14.1. The molecule has 0 unspecified atom stereocenters. The molecule has 2 aromatic carbocycles. The zero-order valence-electron chi connectivity index (χ0n) is 20.1. The Kier molecular flexibility index (Phi) is 9.18. The molecule has 0 aliphatic carbocycles. The van der Waals surface area contributed by atoms with Crippen LogP contribution in [0.15, 0.2) is 41.3 Å². The van der Waals surface area contributed by atoms with Gasteiger partial charge in [-0.15, -0.1) is 0 Å². The van der Waals surface area contributed by atoms with Crippen LogP contribution in [0.25, 0.3) is 0 Å². The number of benzene rings is 2. The summed E-state index contributed by atoms with van der Waals surface area (Å²) in [5.41, 5.74) is 1.59. The van der Waals surface area contributed by atoms with Crippen LogP contribution in [0.5, 0.6) is 17.2 Å². The molecule has 3 rings (SSSR count). The summed E-state index contributed by atoms with van der Waals surface area (Å²) >= 11 is 0. The summed E-state index contributed by atoms with van der Waals surface area (Å²) in [4.78, 5) is 12.8. The van der Waals surface area contributed by atoms with Gasteiger partial charge < -0.3 is 19.5 Å². The van der Waals surface area contributed by atoms with E-state index in [-0.39, 0.29) is 17.2 Å². The van der Waals surface area contributed by atoms with Crippen molar-refractivity contribution in [1.29, 1.82) is 0 Å². The van der Waals surface area contributed by atoms with Gasteiger partial charge in [0.05, 0.1) is 25.2 Å². The van der Waals surface area contributed by atoms with Crippen molar-refractivity contribution in [2.45, 2.75) is 51.0 Å². The van der Waals surface area contributed by atoms with Crippen molar-refractivity contribution in [3.05, 3.63) is 47.5 Å². The summed E-state index contributed by atoms with van der Waals surface area (Å²) in [7, 11) is -2.00. The first-order chi connectivity index (χ1) is 16.4. The molecule has 0 bridgehead atoms. The molecule has 1 fully saturated rings. The highest BCUT2D eigenvalue weighted by Gasteiger charge is 2.27. The molecule has 0 saturated carbocycles. The number of amides is 1. The van der Waals surface area contributed by atoms with Crippen molar-refractivity contribution in [2.75, 3.05) is 33.4 Å². The SMILES string of the molecule is CCOc1ccc(CNC(=O)CCc2cc(S(=O)(=O)N3CCCC3)ccc2OC)cc1OCC. The van der Waals surface area contributed by atoms with E-state index in [0.29, 0.717) is 62.1 Å². The van der Waals surface area contributed by atoms with Gasteiger partial charge in [-0.05, 0) is 74.6 Å². The van der Waals surface area contributed by atoms with Gasteiger partial charge in [0.2, 0.25) is 15.9 Å². The summed E-state index contributed by atoms with van der Waals surface area (Å²) in [6.07, 6.45) is 2.33. The molecule has 186 valence electrons. The predicted molar refractivity (Wildman–Crippen MR) is 130 cm³/mol. The number of ether oxygens (including phenoxy) is 3. The number of rotatable bonds is 12. The minimum absolute atomic E-state index is 0.137. The fraction of sp³-hybridized carbons (Fsp3) is 0.480. The lowest BCUT2D eigenvalue weighted by atomic mass is 10.1. The van der Waals surface area contributed by atoms with E-state index in [1.807, 2.05) is 32.0 Å². The zero-order valence-corrected chi connectivity index (χ0v) is 20.9. The second-order valence-electron chi connectivity index (χ2n) is 8.01.